The Morgan fingerprint density at radius 3 is 2.81 bits per heavy atom. The lowest BCUT2D eigenvalue weighted by Crippen LogP contribution is -2.37. The van der Waals surface area contributed by atoms with Crippen molar-refractivity contribution in [3.05, 3.63) is 34.1 Å². The van der Waals surface area contributed by atoms with Gasteiger partial charge < -0.3 is 20.1 Å². The molecular weight excluding hydrogens is 516 g/mol. The van der Waals surface area contributed by atoms with E-state index in [9.17, 15) is 4.39 Å². The normalized spacial score (nSPS) is 15.4. The first-order valence-corrected chi connectivity index (χ1v) is 9.52. The summed E-state index contributed by atoms with van der Waals surface area (Å²) in [5.41, 5.74) is 0.603. The third kappa shape index (κ3) is 8.96. The Morgan fingerprint density at radius 2 is 2.12 bits per heavy atom. The lowest BCUT2D eigenvalue weighted by molar-refractivity contribution is 0.0203. The quantitative estimate of drug-likeness (QED) is 0.227. The fourth-order valence-electron chi connectivity index (χ4n) is 2.61. The number of benzene rings is 1. The van der Waals surface area contributed by atoms with Crippen LogP contribution >= 0.6 is 39.9 Å². The zero-order valence-corrected chi connectivity index (χ0v) is 19.0. The largest absolute Gasteiger partial charge is 0.381 e. The highest BCUT2D eigenvalue weighted by Crippen LogP contribution is 2.15. The van der Waals surface area contributed by atoms with Gasteiger partial charge in [-0.1, -0.05) is 22.0 Å². The Bertz CT molecular complexity index is 557. The van der Waals surface area contributed by atoms with Crippen LogP contribution in [0.1, 0.15) is 24.8 Å². The van der Waals surface area contributed by atoms with Gasteiger partial charge in [-0.05, 0) is 37.3 Å². The molecule has 1 saturated heterocycles. The van der Waals surface area contributed by atoms with Crippen molar-refractivity contribution in [2.24, 2.45) is 10.9 Å². The smallest absolute Gasteiger partial charge is 0.191 e. The number of halogens is 3. The van der Waals surface area contributed by atoms with Crippen molar-refractivity contribution in [1.82, 2.24) is 10.6 Å². The van der Waals surface area contributed by atoms with Crippen LogP contribution in [0, 0.1) is 11.7 Å². The second kappa shape index (κ2) is 13.7. The van der Waals surface area contributed by atoms with Gasteiger partial charge in [-0.2, -0.15) is 0 Å². The molecule has 1 aromatic carbocycles. The lowest BCUT2D eigenvalue weighted by Gasteiger charge is -2.21. The van der Waals surface area contributed by atoms with E-state index in [0.29, 0.717) is 24.0 Å². The SMILES string of the molecule is CN=C(NCCCOCC1CCOCC1)NCc1ccc(Br)cc1F.I. The number of rotatable bonds is 8. The maximum Gasteiger partial charge on any atom is 0.191 e. The highest BCUT2D eigenvalue weighted by molar-refractivity contribution is 14.0. The molecule has 1 aliphatic heterocycles. The molecule has 8 heteroatoms. The highest BCUT2D eigenvalue weighted by Gasteiger charge is 2.13. The average molecular weight is 544 g/mol. The highest BCUT2D eigenvalue weighted by atomic mass is 127. The molecule has 0 amide bonds. The Hall–Kier alpha value is -0.450. The summed E-state index contributed by atoms with van der Waals surface area (Å²) in [7, 11) is 1.70. The van der Waals surface area contributed by atoms with Gasteiger partial charge in [0.2, 0.25) is 0 Å². The molecule has 1 aliphatic rings. The van der Waals surface area contributed by atoms with E-state index in [2.05, 4.69) is 31.6 Å². The molecule has 2 rings (SSSR count). The van der Waals surface area contributed by atoms with Gasteiger partial charge in [0.25, 0.3) is 0 Å². The van der Waals surface area contributed by atoms with Crippen molar-refractivity contribution in [3.8, 4) is 0 Å². The zero-order valence-electron chi connectivity index (χ0n) is 15.1. The maximum absolute atomic E-state index is 13.8. The topological polar surface area (TPSA) is 54.9 Å². The first kappa shape index (κ1) is 23.6. The van der Waals surface area contributed by atoms with Crippen molar-refractivity contribution in [2.45, 2.75) is 25.8 Å². The molecular formula is C18H28BrFIN3O2. The summed E-state index contributed by atoms with van der Waals surface area (Å²) >= 11 is 3.26. The van der Waals surface area contributed by atoms with E-state index in [4.69, 9.17) is 9.47 Å². The van der Waals surface area contributed by atoms with Crippen molar-refractivity contribution in [2.75, 3.05) is 40.0 Å². The zero-order chi connectivity index (χ0) is 17.9. The summed E-state index contributed by atoms with van der Waals surface area (Å²) in [6.07, 6.45) is 3.10. The van der Waals surface area contributed by atoms with Crippen LogP contribution in [0.4, 0.5) is 4.39 Å². The van der Waals surface area contributed by atoms with E-state index < -0.39 is 0 Å². The first-order chi connectivity index (χ1) is 12.2. The Kier molecular flexibility index (Phi) is 12.4. The second-order valence-corrected chi connectivity index (χ2v) is 6.99. The predicted octanol–water partition coefficient (Wildman–Crippen LogP) is 3.70. The monoisotopic (exact) mass is 543 g/mol. The molecule has 0 bridgehead atoms. The van der Waals surface area contributed by atoms with Crippen LogP contribution in [0.15, 0.2) is 27.7 Å². The summed E-state index contributed by atoms with van der Waals surface area (Å²) in [6, 6.07) is 5.04. The predicted molar refractivity (Wildman–Crippen MR) is 117 cm³/mol. The van der Waals surface area contributed by atoms with Crippen molar-refractivity contribution in [3.63, 3.8) is 0 Å². The van der Waals surface area contributed by atoms with Crippen LogP contribution in [0.2, 0.25) is 0 Å². The molecule has 1 fully saturated rings. The van der Waals surface area contributed by atoms with Crippen molar-refractivity contribution in [1.29, 1.82) is 0 Å². The molecule has 148 valence electrons. The molecule has 0 radical (unpaired) electrons. The van der Waals surface area contributed by atoms with E-state index in [1.54, 1.807) is 13.1 Å². The lowest BCUT2D eigenvalue weighted by atomic mass is 10.0. The molecule has 5 nitrogen and oxygen atoms in total. The van der Waals surface area contributed by atoms with Gasteiger partial charge in [0.1, 0.15) is 5.82 Å². The molecule has 1 aromatic rings. The number of aliphatic imine (C=N–C) groups is 1. The van der Waals surface area contributed by atoms with E-state index in [1.807, 2.05) is 6.07 Å². The van der Waals surface area contributed by atoms with E-state index in [-0.39, 0.29) is 29.8 Å². The standard InChI is InChI=1S/C18H27BrFN3O2.HI/c1-21-18(23-12-15-3-4-16(19)11-17(15)20)22-7-2-8-25-13-14-5-9-24-10-6-14;/h3-4,11,14H,2,5-10,12-13H2,1H3,(H2,21,22,23);1H. The van der Waals surface area contributed by atoms with Crippen LogP contribution in [0.3, 0.4) is 0 Å². The van der Waals surface area contributed by atoms with Gasteiger partial charge in [0.15, 0.2) is 5.96 Å². The summed E-state index contributed by atoms with van der Waals surface area (Å²) in [6.45, 7) is 4.41. The first-order valence-electron chi connectivity index (χ1n) is 8.73. The average Bonchev–Trinajstić information content (AvgIpc) is 2.62. The van der Waals surface area contributed by atoms with Crippen LogP contribution in [0.5, 0.6) is 0 Å². The van der Waals surface area contributed by atoms with Crippen LogP contribution in [0.25, 0.3) is 0 Å². The summed E-state index contributed by atoms with van der Waals surface area (Å²) in [4.78, 5) is 4.15. The van der Waals surface area contributed by atoms with Crippen LogP contribution in [-0.2, 0) is 16.0 Å². The Balaban J connectivity index is 0.00000338. The molecule has 2 N–H and O–H groups in total. The number of hydrogen-bond donors (Lipinski definition) is 2. The minimum Gasteiger partial charge on any atom is -0.381 e. The summed E-state index contributed by atoms with van der Waals surface area (Å²) in [5.74, 6) is 1.06. The van der Waals surface area contributed by atoms with E-state index in [0.717, 1.165) is 56.7 Å². The van der Waals surface area contributed by atoms with Gasteiger partial charge in [-0.3, -0.25) is 4.99 Å². The number of ether oxygens (including phenoxy) is 2. The third-order valence-corrected chi connectivity index (χ3v) is 4.63. The van der Waals surface area contributed by atoms with Gasteiger partial charge in [0.05, 0.1) is 0 Å². The number of nitrogens with zero attached hydrogens (tertiary/aromatic N) is 1. The molecule has 0 unspecified atom stereocenters. The number of hydrogen-bond acceptors (Lipinski definition) is 3. The summed E-state index contributed by atoms with van der Waals surface area (Å²) < 4.78 is 25.6. The van der Waals surface area contributed by atoms with Gasteiger partial charge >= 0.3 is 0 Å². The fraction of sp³-hybridized carbons (Fsp3) is 0.611. The Labute approximate surface area is 180 Å². The molecule has 0 spiro atoms. The molecule has 1 heterocycles. The van der Waals surface area contributed by atoms with Crippen molar-refractivity contribution < 1.29 is 13.9 Å². The van der Waals surface area contributed by atoms with Crippen LogP contribution in [-0.4, -0.2) is 46.0 Å². The summed E-state index contributed by atoms with van der Waals surface area (Å²) in [5, 5.41) is 6.33. The fourth-order valence-corrected chi connectivity index (χ4v) is 2.94. The van der Waals surface area contributed by atoms with E-state index in [1.165, 1.54) is 6.07 Å². The minimum absolute atomic E-state index is 0. The second-order valence-electron chi connectivity index (χ2n) is 6.07. The number of guanidine groups is 1. The number of nitrogens with one attached hydrogen (secondary N) is 2. The molecule has 26 heavy (non-hydrogen) atoms. The molecule has 0 aromatic heterocycles. The molecule has 0 aliphatic carbocycles. The Morgan fingerprint density at radius 1 is 1.35 bits per heavy atom. The van der Waals surface area contributed by atoms with Gasteiger partial charge in [0, 0.05) is 56.6 Å². The van der Waals surface area contributed by atoms with Gasteiger partial charge in [-0.25, -0.2) is 4.39 Å². The van der Waals surface area contributed by atoms with E-state index >= 15 is 0 Å². The minimum atomic E-state index is -0.237. The maximum atomic E-state index is 13.8. The molecule has 0 atom stereocenters. The molecule has 0 saturated carbocycles. The van der Waals surface area contributed by atoms with Crippen molar-refractivity contribution >= 4 is 45.9 Å². The third-order valence-electron chi connectivity index (χ3n) is 4.14. The van der Waals surface area contributed by atoms with Gasteiger partial charge in [-0.15, -0.1) is 24.0 Å². The van der Waals surface area contributed by atoms with Crippen LogP contribution < -0.4 is 10.6 Å².